The fourth-order valence-electron chi connectivity index (χ4n) is 3.76. The second-order valence-electron chi connectivity index (χ2n) is 7.51. The maximum absolute atomic E-state index is 14.0. The fourth-order valence-corrected chi connectivity index (χ4v) is 3.76. The van der Waals surface area contributed by atoms with Crippen molar-refractivity contribution in [2.24, 2.45) is 5.92 Å². The summed E-state index contributed by atoms with van der Waals surface area (Å²) >= 11 is 0. The minimum absolute atomic E-state index is 0.142. The Morgan fingerprint density at radius 2 is 1.88 bits per heavy atom. The van der Waals surface area contributed by atoms with Gasteiger partial charge in [-0.25, -0.2) is 9.37 Å². The van der Waals surface area contributed by atoms with E-state index in [-0.39, 0.29) is 5.82 Å². The Bertz CT molecular complexity index is 709. The number of rotatable bonds is 6. The Hall–Kier alpha value is -1.94. The van der Waals surface area contributed by atoms with Crippen LogP contribution in [0.5, 0.6) is 0 Å². The topological polar surface area (TPSA) is 50.9 Å². The van der Waals surface area contributed by atoms with Gasteiger partial charge in [-0.15, -0.1) is 0 Å². The number of nitrogens with two attached hydrogens (primary N) is 1. The van der Waals surface area contributed by atoms with Crippen molar-refractivity contribution in [3.63, 3.8) is 0 Å². The van der Waals surface area contributed by atoms with Crippen LogP contribution in [0.2, 0.25) is 0 Å². The lowest BCUT2D eigenvalue weighted by molar-refractivity contribution is 0.542. The van der Waals surface area contributed by atoms with E-state index in [9.17, 15) is 4.39 Å². The Morgan fingerprint density at radius 1 is 1.12 bits per heavy atom. The molecule has 0 amide bonds. The number of hydrogen-bond donors (Lipinski definition) is 2. The lowest BCUT2D eigenvalue weighted by Gasteiger charge is -2.11. The molecule has 0 spiro atoms. The fraction of sp³-hybridized carbons (Fsp3) is 0.476. The molecule has 4 heteroatoms. The molecule has 2 heterocycles. The summed E-state index contributed by atoms with van der Waals surface area (Å²) in [7, 11) is 0. The summed E-state index contributed by atoms with van der Waals surface area (Å²) in [4.78, 5) is 4.37. The summed E-state index contributed by atoms with van der Waals surface area (Å²) in [5.74, 6) is 1.16. The van der Waals surface area contributed by atoms with Crippen LogP contribution in [0.25, 0.3) is 0 Å². The van der Waals surface area contributed by atoms with Gasteiger partial charge >= 0.3 is 0 Å². The van der Waals surface area contributed by atoms with Gasteiger partial charge in [0.25, 0.3) is 0 Å². The van der Waals surface area contributed by atoms with Crippen LogP contribution in [0.15, 0.2) is 30.3 Å². The number of benzene rings is 1. The summed E-state index contributed by atoms with van der Waals surface area (Å²) in [5, 5.41) is 3.55. The van der Waals surface area contributed by atoms with Crippen LogP contribution in [-0.2, 0) is 19.3 Å². The molecule has 1 aromatic heterocycles. The maximum Gasteiger partial charge on any atom is 0.123 e. The SMILES string of the molecule is Cc1cc(N)nc(CCc2cc(F)cc(CCC3C[C@H](C)CN3)c2)c1. The van der Waals surface area contributed by atoms with Gasteiger partial charge in [0.05, 0.1) is 0 Å². The third-order valence-corrected chi connectivity index (χ3v) is 4.95. The first kappa shape index (κ1) is 17.9. The van der Waals surface area contributed by atoms with Crippen LogP contribution in [0.1, 0.15) is 42.1 Å². The molecule has 0 aliphatic carbocycles. The van der Waals surface area contributed by atoms with Crippen LogP contribution >= 0.6 is 0 Å². The largest absolute Gasteiger partial charge is 0.384 e. The first-order valence-corrected chi connectivity index (χ1v) is 9.22. The van der Waals surface area contributed by atoms with E-state index in [2.05, 4.69) is 23.3 Å². The molecule has 1 unspecified atom stereocenters. The van der Waals surface area contributed by atoms with E-state index < -0.39 is 0 Å². The minimum Gasteiger partial charge on any atom is -0.384 e. The molecule has 1 fully saturated rings. The predicted octanol–water partition coefficient (Wildman–Crippen LogP) is 3.83. The number of nitrogen functional groups attached to an aromatic ring is 1. The Kier molecular flexibility index (Phi) is 5.69. The first-order valence-electron chi connectivity index (χ1n) is 9.22. The lowest BCUT2D eigenvalue weighted by atomic mass is 9.98. The van der Waals surface area contributed by atoms with Gasteiger partial charge < -0.3 is 11.1 Å². The smallest absolute Gasteiger partial charge is 0.123 e. The van der Waals surface area contributed by atoms with Gasteiger partial charge in [0.2, 0.25) is 0 Å². The van der Waals surface area contributed by atoms with Crippen molar-refractivity contribution in [1.29, 1.82) is 0 Å². The molecule has 0 bridgehead atoms. The van der Waals surface area contributed by atoms with Gasteiger partial charge in [0, 0.05) is 11.7 Å². The van der Waals surface area contributed by atoms with Gasteiger partial charge in [-0.3, -0.25) is 0 Å². The monoisotopic (exact) mass is 341 g/mol. The number of pyridine rings is 1. The second-order valence-corrected chi connectivity index (χ2v) is 7.51. The quantitative estimate of drug-likeness (QED) is 0.840. The van der Waals surface area contributed by atoms with Crippen LogP contribution < -0.4 is 11.1 Å². The molecule has 134 valence electrons. The van der Waals surface area contributed by atoms with Gasteiger partial charge in [-0.2, -0.15) is 0 Å². The van der Waals surface area contributed by atoms with Crippen molar-refractivity contribution in [3.8, 4) is 0 Å². The molecule has 3 N–H and O–H groups in total. The normalized spacial score (nSPS) is 20.1. The molecular formula is C21H28FN3. The van der Waals surface area contributed by atoms with Crippen LogP contribution in [-0.4, -0.2) is 17.6 Å². The molecule has 0 saturated carbocycles. The van der Waals surface area contributed by atoms with Crippen molar-refractivity contribution < 1.29 is 4.39 Å². The molecule has 2 atom stereocenters. The highest BCUT2D eigenvalue weighted by Gasteiger charge is 2.20. The molecule has 0 radical (unpaired) electrons. The average molecular weight is 341 g/mol. The highest BCUT2D eigenvalue weighted by atomic mass is 19.1. The Morgan fingerprint density at radius 3 is 2.56 bits per heavy atom. The summed E-state index contributed by atoms with van der Waals surface area (Å²) in [5.41, 5.74) is 10.0. The number of aryl methyl sites for hydroxylation is 4. The van der Waals surface area contributed by atoms with Gasteiger partial charge in [-0.1, -0.05) is 13.0 Å². The molecular weight excluding hydrogens is 313 g/mol. The summed E-state index contributed by atoms with van der Waals surface area (Å²) in [6.07, 6.45) is 4.77. The minimum atomic E-state index is -0.142. The van der Waals surface area contributed by atoms with Crippen LogP contribution in [0.4, 0.5) is 10.2 Å². The van der Waals surface area contributed by atoms with Gasteiger partial charge in [-0.05, 0) is 92.4 Å². The van der Waals surface area contributed by atoms with Crippen molar-refractivity contribution in [2.75, 3.05) is 12.3 Å². The Labute approximate surface area is 149 Å². The number of hydrogen-bond acceptors (Lipinski definition) is 3. The Balaban J connectivity index is 1.60. The van der Waals surface area contributed by atoms with E-state index in [0.29, 0.717) is 11.9 Å². The lowest BCUT2D eigenvalue weighted by Crippen LogP contribution is -2.21. The van der Waals surface area contributed by atoms with E-state index in [1.165, 1.54) is 6.42 Å². The summed E-state index contributed by atoms with van der Waals surface area (Å²) in [6, 6.07) is 9.93. The number of anilines is 1. The van der Waals surface area contributed by atoms with Crippen molar-refractivity contribution in [2.45, 2.75) is 52.0 Å². The van der Waals surface area contributed by atoms with Crippen molar-refractivity contribution >= 4 is 5.82 Å². The molecule has 1 aliphatic heterocycles. The number of nitrogens with one attached hydrogen (secondary N) is 1. The molecule has 1 aromatic carbocycles. The van der Waals surface area contributed by atoms with E-state index in [4.69, 9.17) is 5.73 Å². The van der Waals surface area contributed by atoms with Gasteiger partial charge in [0.1, 0.15) is 11.6 Å². The van der Waals surface area contributed by atoms with Crippen LogP contribution in [0.3, 0.4) is 0 Å². The zero-order valence-electron chi connectivity index (χ0n) is 15.2. The number of nitrogens with zero attached hydrogens (tertiary/aromatic N) is 1. The molecule has 3 nitrogen and oxygen atoms in total. The highest BCUT2D eigenvalue weighted by Crippen LogP contribution is 2.19. The predicted molar refractivity (Wildman–Crippen MR) is 101 cm³/mol. The third kappa shape index (κ3) is 5.27. The molecule has 25 heavy (non-hydrogen) atoms. The van der Waals surface area contributed by atoms with E-state index in [1.54, 1.807) is 12.1 Å². The van der Waals surface area contributed by atoms with Gasteiger partial charge in [0.15, 0.2) is 0 Å². The van der Waals surface area contributed by atoms with Crippen molar-refractivity contribution in [3.05, 3.63) is 58.5 Å². The number of aromatic nitrogens is 1. The first-order chi connectivity index (χ1) is 12.0. The van der Waals surface area contributed by atoms with Crippen molar-refractivity contribution in [1.82, 2.24) is 10.3 Å². The standard InChI is InChI=1S/C21H28FN3/c1-14-7-20(25-21(23)9-14)6-4-17-10-16(11-18(22)12-17)3-5-19-8-15(2)13-24-19/h7,9-12,15,19,24H,3-6,8,13H2,1-2H3,(H2,23,25)/t15-,19?/m0/s1. The van der Waals surface area contributed by atoms with Crippen LogP contribution in [0, 0.1) is 18.7 Å². The molecule has 2 aromatic rings. The second kappa shape index (κ2) is 7.96. The maximum atomic E-state index is 14.0. The zero-order valence-corrected chi connectivity index (χ0v) is 15.2. The zero-order chi connectivity index (χ0) is 17.8. The number of halogens is 1. The van der Waals surface area contributed by atoms with E-state index >= 15 is 0 Å². The molecule has 3 rings (SSSR count). The third-order valence-electron chi connectivity index (χ3n) is 4.95. The van der Waals surface area contributed by atoms with E-state index in [1.807, 2.05) is 19.1 Å². The summed E-state index contributed by atoms with van der Waals surface area (Å²) in [6.45, 7) is 5.39. The highest BCUT2D eigenvalue weighted by molar-refractivity contribution is 5.34. The average Bonchev–Trinajstić information content (AvgIpc) is 2.95. The summed E-state index contributed by atoms with van der Waals surface area (Å²) < 4.78 is 14.0. The molecule has 1 saturated heterocycles. The molecule has 1 aliphatic rings. The van der Waals surface area contributed by atoms with E-state index in [0.717, 1.165) is 60.5 Å².